The van der Waals surface area contributed by atoms with E-state index >= 15 is 0 Å². The first-order valence-electron chi connectivity index (χ1n) is 7.97. The molecule has 7 heteroatoms. The van der Waals surface area contributed by atoms with Crippen molar-refractivity contribution in [3.8, 4) is 5.75 Å². The predicted molar refractivity (Wildman–Crippen MR) is 99.6 cm³/mol. The fourth-order valence-electron chi connectivity index (χ4n) is 2.52. The topological polar surface area (TPSA) is 117 Å². The summed E-state index contributed by atoms with van der Waals surface area (Å²) in [5, 5.41) is 21.5. The van der Waals surface area contributed by atoms with E-state index in [0.29, 0.717) is 16.5 Å². The third kappa shape index (κ3) is 4.21. The Hall–Kier alpha value is -3.87. The van der Waals surface area contributed by atoms with Gasteiger partial charge in [0.15, 0.2) is 5.43 Å². The molecule has 3 N–H and O–H groups in total. The number of carboxylic acid groups (broad SMARTS) is 1. The fourth-order valence-corrected chi connectivity index (χ4v) is 2.52. The third-order valence-corrected chi connectivity index (χ3v) is 3.80. The van der Waals surface area contributed by atoms with E-state index in [1.54, 1.807) is 24.3 Å². The minimum atomic E-state index is -1.03. The van der Waals surface area contributed by atoms with Crippen molar-refractivity contribution in [3.63, 3.8) is 0 Å². The summed E-state index contributed by atoms with van der Waals surface area (Å²) in [4.78, 5) is 35.2. The van der Waals surface area contributed by atoms with E-state index in [9.17, 15) is 19.5 Å². The Bertz CT molecular complexity index is 1110. The van der Waals surface area contributed by atoms with Crippen molar-refractivity contribution < 1.29 is 24.2 Å². The molecule has 0 atom stereocenters. The number of para-hydroxylation sites is 1. The average molecular weight is 365 g/mol. The molecule has 2 aromatic carbocycles. The van der Waals surface area contributed by atoms with Gasteiger partial charge in [-0.05, 0) is 35.9 Å². The maximum absolute atomic E-state index is 12.4. The van der Waals surface area contributed by atoms with Gasteiger partial charge >= 0.3 is 5.97 Å². The van der Waals surface area contributed by atoms with Crippen molar-refractivity contribution in [3.05, 3.63) is 76.2 Å². The molecule has 0 aliphatic rings. The van der Waals surface area contributed by atoms with Crippen LogP contribution in [-0.2, 0) is 16.0 Å². The molecule has 7 nitrogen and oxygen atoms in total. The number of anilines is 1. The molecular formula is C20H15NO6. The lowest BCUT2D eigenvalue weighted by Crippen LogP contribution is -2.10. The number of carboxylic acids is 1. The molecule has 0 saturated heterocycles. The Morgan fingerprint density at radius 1 is 1.15 bits per heavy atom. The number of aromatic hydroxyl groups is 1. The number of rotatable bonds is 5. The zero-order chi connectivity index (χ0) is 19.4. The van der Waals surface area contributed by atoms with Crippen LogP contribution in [-0.4, -0.2) is 22.1 Å². The van der Waals surface area contributed by atoms with Crippen LogP contribution in [0.4, 0.5) is 5.69 Å². The quantitative estimate of drug-likeness (QED) is 0.473. The van der Waals surface area contributed by atoms with Gasteiger partial charge in [0.05, 0.1) is 23.1 Å². The standard InChI is InChI=1S/C20H15NO6/c22-16-7-5-12(10-19(24)25)9-15(16)21-18(23)8-6-13-11-27-17-4-2-1-3-14(17)20(13)26/h1-9,11,22H,10H2,(H,21,23)(H,24,25)/b8-6+. The third-order valence-electron chi connectivity index (χ3n) is 3.80. The summed E-state index contributed by atoms with van der Waals surface area (Å²) >= 11 is 0. The van der Waals surface area contributed by atoms with E-state index in [2.05, 4.69) is 5.32 Å². The van der Waals surface area contributed by atoms with Gasteiger partial charge in [-0.3, -0.25) is 14.4 Å². The van der Waals surface area contributed by atoms with Gasteiger partial charge in [0, 0.05) is 6.08 Å². The molecule has 0 saturated carbocycles. The number of benzene rings is 2. The lowest BCUT2D eigenvalue weighted by Gasteiger charge is -2.07. The average Bonchev–Trinajstić information content (AvgIpc) is 2.64. The SMILES string of the molecule is O=C(O)Cc1ccc(O)c(NC(=O)/C=C/c2coc3ccccc3c2=O)c1. The first kappa shape index (κ1) is 17.9. The van der Waals surface area contributed by atoms with Crippen LogP contribution in [0.3, 0.4) is 0 Å². The van der Waals surface area contributed by atoms with Crippen LogP contribution >= 0.6 is 0 Å². The van der Waals surface area contributed by atoms with E-state index in [-0.39, 0.29) is 28.8 Å². The van der Waals surface area contributed by atoms with Gasteiger partial charge in [-0.25, -0.2) is 0 Å². The molecule has 0 spiro atoms. The molecule has 0 radical (unpaired) electrons. The summed E-state index contributed by atoms with van der Waals surface area (Å²) in [5.41, 5.74) is 0.882. The number of nitrogens with one attached hydrogen (secondary N) is 1. The fraction of sp³-hybridized carbons (Fsp3) is 0.0500. The van der Waals surface area contributed by atoms with Crippen LogP contribution in [0.1, 0.15) is 11.1 Å². The summed E-state index contributed by atoms with van der Waals surface area (Å²) in [5.74, 6) is -1.82. The van der Waals surface area contributed by atoms with Crippen molar-refractivity contribution in [2.24, 2.45) is 0 Å². The molecule has 3 rings (SSSR count). The number of hydrogen-bond acceptors (Lipinski definition) is 5. The maximum Gasteiger partial charge on any atom is 0.307 e. The second-order valence-electron chi connectivity index (χ2n) is 5.76. The number of carbonyl (C=O) groups is 2. The molecule has 0 fully saturated rings. The number of hydrogen-bond donors (Lipinski definition) is 3. The van der Waals surface area contributed by atoms with Crippen molar-refractivity contribution in [1.29, 1.82) is 0 Å². The highest BCUT2D eigenvalue weighted by molar-refractivity contribution is 6.03. The van der Waals surface area contributed by atoms with Crippen molar-refractivity contribution in [1.82, 2.24) is 0 Å². The zero-order valence-corrected chi connectivity index (χ0v) is 14.0. The summed E-state index contributed by atoms with van der Waals surface area (Å²) < 4.78 is 5.37. The van der Waals surface area contributed by atoms with Crippen LogP contribution in [0.15, 0.2) is 64.0 Å². The molecule has 1 amide bonds. The predicted octanol–water partition coefficient (Wildman–Crippen LogP) is 2.78. The minimum Gasteiger partial charge on any atom is -0.506 e. The van der Waals surface area contributed by atoms with E-state index in [1.165, 1.54) is 30.5 Å². The number of phenols is 1. The number of fused-ring (bicyclic) bond motifs is 1. The van der Waals surface area contributed by atoms with Gasteiger partial charge in [0.2, 0.25) is 5.91 Å². The number of carbonyl (C=O) groups excluding carboxylic acids is 1. The molecule has 27 heavy (non-hydrogen) atoms. The molecule has 136 valence electrons. The van der Waals surface area contributed by atoms with Crippen LogP contribution in [0, 0.1) is 0 Å². The molecule has 0 bridgehead atoms. The Balaban J connectivity index is 1.79. The second-order valence-corrected chi connectivity index (χ2v) is 5.76. The van der Waals surface area contributed by atoms with Gasteiger partial charge in [-0.1, -0.05) is 18.2 Å². The smallest absolute Gasteiger partial charge is 0.307 e. The molecule has 3 aromatic rings. The lowest BCUT2D eigenvalue weighted by atomic mass is 10.1. The van der Waals surface area contributed by atoms with Gasteiger partial charge in [0.25, 0.3) is 0 Å². The molecule has 0 aliphatic carbocycles. The Kier molecular flexibility index (Phi) is 5.03. The Morgan fingerprint density at radius 2 is 1.93 bits per heavy atom. The first-order chi connectivity index (χ1) is 12.9. The van der Waals surface area contributed by atoms with E-state index in [4.69, 9.17) is 9.52 Å². The van der Waals surface area contributed by atoms with Gasteiger partial charge < -0.3 is 19.9 Å². The molecular weight excluding hydrogens is 350 g/mol. The van der Waals surface area contributed by atoms with E-state index in [1.807, 2.05) is 0 Å². The Labute approximate surface area is 153 Å². The van der Waals surface area contributed by atoms with E-state index < -0.39 is 11.9 Å². The maximum atomic E-state index is 12.4. The van der Waals surface area contributed by atoms with Crippen LogP contribution in [0.2, 0.25) is 0 Å². The van der Waals surface area contributed by atoms with Gasteiger partial charge in [-0.15, -0.1) is 0 Å². The summed E-state index contributed by atoms with van der Waals surface area (Å²) in [7, 11) is 0. The molecule has 1 heterocycles. The highest BCUT2D eigenvalue weighted by Gasteiger charge is 2.09. The molecule has 0 unspecified atom stereocenters. The highest BCUT2D eigenvalue weighted by Crippen LogP contribution is 2.24. The summed E-state index contributed by atoms with van der Waals surface area (Å²) in [6.07, 6.45) is 3.46. The van der Waals surface area contributed by atoms with Crippen molar-refractivity contribution >= 4 is 34.6 Å². The van der Waals surface area contributed by atoms with Gasteiger partial charge in [0.1, 0.15) is 17.6 Å². The summed E-state index contributed by atoms with van der Waals surface area (Å²) in [6, 6.07) is 10.9. The normalized spacial score (nSPS) is 11.0. The first-order valence-corrected chi connectivity index (χ1v) is 7.97. The van der Waals surface area contributed by atoms with Gasteiger partial charge in [-0.2, -0.15) is 0 Å². The Morgan fingerprint density at radius 3 is 2.70 bits per heavy atom. The number of phenolic OH excluding ortho intramolecular Hbond substituents is 1. The van der Waals surface area contributed by atoms with E-state index in [0.717, 1.165) is 6.08 Å². The number of aliphatic carboxylic acids is 1. The summed E-state index contributed by atoms with van der Waals surface area (Å²) in [6.45, 7) is 0. The zero-order valence-electron chi connectivity index (χ0n) is 14.0. The van der Waals surface area contributed by atoms with Crippen LogP contribution in [0.25, 0.3) is 17.0 Å². The largest absolute Gasteiger partial charge is 0.506 e. The lowest BCUT2D eigenvalue weighted by molar-refractivity contribution is -0.136. The van der Waals surface area contributed by atoms with Crippen LogP contribution < -0.4 is 10.7 Å². The van der Waals surface area contributed by atoms with Crippen molar-refractivity contribution in [2.45, 2.75) is 6.42 Å². The van der Waals surface area contributed by atoms with Crippen LogP contribution in [0.5, 0.6) is 5.75 Å². The second kappa shape index (κ2) is 7.57. The molecule has 0 aliphatic heterocycles. The minimum absolute atomic E-state index is 0.0777. The monoisotopic (exact) mass is 365 g/mol. The number of amides is 1. The highest BCUT2D eigenvalue weighted by atomic mass is 16.4. The molecule has 1 aromatic heterocycles. The van der Waals surface area contributed by atoms with Crippen molar-refractivity contribution in [2.75, 3.05) is 5.32 Å².